The van der Waals surface area contributed by atoms with Crippen LogP contribution in [0.3, 0.4) is 0 Å². The molecule has 0 fully saturated rings. The van der Waals surface area contributed by atoms with Crippen molar-refractivity contribution in [3.63, 3.8) is 0 Å². The molecule has 26 heavy (non-hydrogen) atoms. The molecular formula is C17H29N3O5S. The highest BCUT2D eigenvalue weighted by Crippen LogP contribution is 2.25. The molecule has 0 aromatic heterocycles. The number of aliphatic imine (C=N–C) groups is 1. The average molecular weight is 388 g/mol. The molecule has 0 saturated carbocycles. The lowest BCUT2D eigenvalue weighted by Crippen LogP contribution is -2.39. The molecule has 0 aliphatic heterocycles. The van der Waals surface area contributed by atoms with Crippen molar-refractivity contribution in [2.45, 2.75) is 13.5 Å². The number of methoxy groups -OCH3 is 2. The van der Waals surface area contributed by atoms with E-state index in [1.807, 2.05) is 25.1 Å². The van der Waals surface area contributed by atoms with E-state index in [0.717, 1.165) is 17.9 Å². The minimum atomic E-state index is -2.99. The van der Waals surface area contributed by atoms with E-state index in [2.05, 4.69) is 15.6 Å². The summed E-state index contributed by atoms with van der Waals surface area (Å²) < 4.78 is 37.9. The first-order valence-electron chi connectivity index (χ1n) is 8.38. The Labute approximate surface area is 155 Å². The van der Waals surface area contributed by atoms with Gasteiger partial charge in [-0.15, -0.1) is 0 Å². The van der Waals surface area contributed by atoms with Crippen LogP contribution < -0.4 is 20.1 Å². The summed E-state index contributed by atoms with van der Waals surface area (Å²) in [6.45, 7) is 4.25. The summed E-state index contributed by atoms with van der Waals surface area (Å²) in [4.78, 5) is 4.53. The quantitative estimate of drug-likeness (QED) is 0.329. The van der Waals surface area contributed by atoms with E-state index in [1.165, 1.54) is 6.26 Å². The van der Waals surface area contributed by atoms with Crippen LogP contribution in [0.15, 0.2) is 23.2 Å². The predicted molar refractivity (Wildman–Crippen MR) is 103 cm³/mol. The minimum absolute atomic E-state index is 0.0262. The second-order valence-corrected chi connectivity index (χ2v) is 7.80. The van der Waals surface area contributed by atoms with Gasteiger partial charge in [0.15, 0.2) is 5.96 Å². The van der Waals surface area contributed by atoms with Crippen molar-refractivity contribution in [1.82, 2.24) is 10.6 Å². The zero-order valence-electron chi connectivity index (χ0n) is 15.9. The molecule has 8 nitrogen and oxygen atoms in total. The van der Waals surface area contributed by atoms with Crippen LogP contribution in [0.4, 0.5) is 0 Å². The summed E-state index contributed by atoms with van der Waals surface area (Å²) in [7, 11) is 0.230. The van der Waals surface area contributed by atoms with Gasteiger partial charge in [0, 0.05) is 31.0 Å². The SMILES string of the molecule is CCNC(=NCc1ccc(OC)cc1OC)NCCOCCS(C)(=O)=O. The van der Waals surface area contributed by atoms with Crippen LogP contribution in [0.25, 0.3) is 0 Å². The first-order chi connectivity index (χ1) is 12.4. The number of hydrogen-bond acceptors (Lipinski definition) is 6. The Morgan fingerprint density at radius 3 is 2.54 bits per heavy atom. The second kappa shape index (κ2) is 11.6. The lowest BCUT2D eigenvalue weighted by Gasteiger charge is -2.13. The molecule has 0 saturated heterocycles. The Morgan fingerprint density at radius 2 is 1.92 bits per heavy atom. The fourth-order valence-corrected chi connectivity index (χ4v) is 2.46. The van der Waals surface area contributed by atoms with Crippen LogP contribution in [0.5, 0.6) is 11.5 Å². The highest BCUT2D eigenvalue weighted by molar-refractivity contribution is 7.90. The van der Waals surface area contributed by atoms with Crippen molar-refractivity contribution in [3.8, 4) is 11.5 Å². The molecule has 0 aliphatic carbocycles. The summed E-state index contributed by atoms with van der Waals surface area (Å²) >= 11 is 0. The topological polar surface area (TPSA) is 98.2 Å². The maximum Gasteiger partial charge on any atom is 0.191 e. The normalized spacial score (nSPS) is 11.9. The zero-order valence-corrected chi connectivity index (χ0v) is 16.7. The van der Waals surface area contributed by atoms with Crippen molar-refractivity contribution in [3.05, 3.63) is 23.8 Å². The summed E-state index contributed by atoms with van der Waals surface area (Å²) in [6, 6.07) is 5.60. The third-order valence-electron chi connectivity index (χ3n) is 3.38. The largest absolute Gasteiger partial charge is 0.497 e. The first-order valence-corrected chi connectivity index (χ1v) is 10.4. The smallest absolute Gasteiger partial charge is 0.191 e. The molecule has 148 valence electrons. The number of rotatable bonds is 11. The van der Waals surface area contributed by atoms with Gasteiger partial charge >= 0.3 is 0 Å². The fraction of sp³-hybridized carbons (Fsp3) is 0.588. The standard InChI is InChI=1S/C17H29N3O5S/c1-5-18-17(19-8-9-25-10-11-26(4,21)22)20-13-14-6-7-15(23-2)12-16(14)24-3/h6-7,12H,5,8-11,13H2,1-4H3,(H2,18,19,20). The van der Waals surface area contributed by atoms with E-state index in [1.54, 1.807) is 14.2 Å². The van der Waals surface area contributed by atoms with Crippen LogP contribution in [0.1, 0.15) is 12.5 Å². The van der Waals surface area contributed by atoms with Crippen LogP contribution in [0, 0.1) is 0 Å². The van der Waals surface area contributed by atoms with Gasteiger partial charge < -0.3 is 24.8 Å². The fourth-order valence-electron chi connectivity index (χ4n) is 2.04. The van der Waals surface area contributed by atoms with E-state index < -0.39 is 9.84 Å². The van der Waals surface area contributed by atoms with E-state index in [9.17, 15) is 8.42 Å². The van der Waals surface area contributed by atoms with Gasteiger partial charge in [-0.25, -0.2) is 13.4 Å². The van der Waals surface area contributed by atoms with Crippen molar-refractivity contribution >= 4 is 15.8 Å². The highest BCUT2D eigenvalue weighted by atomic mass is 32.2. The highest BCUT2D eigenvalue weighted by Gasteiger charge is 2.06. The molecule has 2 N–H and O–H groups in total. The summed E-state index contributed by atoms with van der Waals surface area (Å²) in [5.74, 6) is 2.12. The number of ether oxygens (including phenoxy) is 3. The number of nitrogens with zero attached hydrogens (tertiary/aromatic N) is 1. The van der Waals surface area contributed by atoms with Gasteiger partial charge in [-0.05, 0) is 19.1 Å². The van der Waals surface area contributed by atoms with Crippen LogP contribution in [0.2, 0.25) is 0 Å². The maximum absolute atomic E-state index is 11.0. The van der Waals surface area contributed by atoms with Crippen LogP contribution in [-0.2, 0) is 21.1 Å². The van der Waals surface area contributed by atoms with E-state index in [-0.39, 0.29) is 12.4 Å². The Bertz CT molecular complexity index is 677. The first kappa shape index (κ1) is 22.0. The Balaban J connectivity index is 2.53. The number of guanidine groups is 1. The summed E-state index contributed by atoms with van der Waals surface area (Å²) in [6.07, 6.45) is 1.19. The lowest BCUT2D eigenvalue weighted by atomic mass is 10.2. The molecule has 0 aliphatic rings. The molecule has 1 rings (SSSR count). The summed E-state index contributed by atoms with van der Waals surface area (Å²) in [5, 5.41) is 6.30. The molecule has 9 heteroatoms. The van der Waals surface area contributed by atoms with Crippen molar-refractivity contribution in [2.24, 2.45) is 4.99 Å². The van der Waals surface area contributed by atoms with Gasteiger partial charge in [-0.3, -0.25) is 0 Å². The molecule has 0 atom stereocenters. The third kappa shape index (κ3) is 8.91. The molecule has 0 unspecified atom stereocenters. The van der Waals surface area contributed by atoms with E-state index >= 15 is 0 Å². The van der Waals surface area contributed by atoms with Gasteiger partial charge in [0.1, 0.15) is 21.3 Å². The Hall–Kier alpha value is -2.00. The minimum Gasteiger partial charge on any atom is -0.497 e. The number of sulfone groups is 1. The van der Waals surface area contributed by atoms with Crippen molar-refractivity contribution in [2.75, 3.05) is 52.5 Å². The third-order valence-corrected chi connectivity index (χ3v) is 4.29. The molecule has 0 heterocycles. The van der Waals surface area contributed by atoms with Gasteiger partial charge in [-0.1, -0.05) is 0 Å². The molecule has 1 aromatic rings. The van der Waals surface area contributed by atoms with Gasteiger partial charge in [0.2, 0.25) is 0 Å². The maximum atomic E-state index is 11.0. The van der Waals surface area contributed by atoms with Gasteiger partial charge in [-0.2, -0.15) is 0 Å². The molecule has 1 aromatic carbocycles. The van der Waals surface area contributed by atoms with E-state index in [0.29, 0.717) is 31.4 Å². The lowest BCUT2D eigenvalue weighted by molar-refractivity contribution is 0.154. The second-order valence-electron chi connectivity index (χ2n) is 5.54. The van der Waals surface area contributed by atoms with Gasteiger partial charge in [0.25, 0.3) is 0 Å². The van der Waals surface area contributed by atoms with Crippen molar-refractivity contribution < 1.29 is 22.6 Å². The molecule has 0 radical (unpaired) electrons. The number of benzene rings is 1. The van der Waals surface area contributed by atoms with Crippen LogP contribution in [-0.4, -0.2) is 66.9 Å². The summed E-state index contributed by atoms with van der Waals surface area (Å²) in [5.41, 5.74) is 0.940. The monoisotopic (exact) mass is 387 g/mol. The molecule has 0 spiro atoms. The van der Waals surface area contributed by atoms with Gasteiger partial charge in [0.05, 0.1) is 39.7 Å². The molecule has 0 bridgehead atoms. The van der Waals surface area contributed by atoms with Crippen LogP contribution >= 0.6 is 0 Å². The average Bonchev–Trinajstić information content (AvgIpc) is 2.61. The number of nitrogens with one attached hydrogen (secondary N) is 2. The van der Waals surface area contributed by atoms with Crippen molar-refractivity contribution in [1.29, 1.82) is 0 Å². The number of hydrogen-bond donors (Lipinski definition) is 2. The molecule has 0 amide bonds. The molecular weight excluding hydrogens is 358 g/mol. The Kier molecular flexibility index (Phi) is 9.82. The Morgan fingerprint density at radius 1 is 1.15 bits per heavy atom. The van der Waals surface area contributed by atoms with E-state index in [4.69, 9.17) is 14.2 Å². The zero-order chi connectivity index (χ0) is 19.4. The predicted octanol–water partition coefficient (Wildman–Crippen LogP) is 0.820.